The number of esters is 1. The summed E-state index contributed by atoms with van der Waals surface area (Å²) in [6, 6.07) is 5.63. The predicted octanol–water partition coefficient (Wildman–Crippen LogP) is 3.47. The van der Waals surface area contributed by atoms with Crippen LogP contribution in [-0.4, -0.2) is 43.1 Å². The van der Waals surface area contributed by atoms with Crippen LogP contribution in [0.5, 0.6) is 5.75 Å². The molecule has 1 aliphatic heterocycles. The maximum atomic E-state index is 12.4. The van der Waals surface area contributed by atoms with Crippen LogP contribution in [0.2, 0.25) is 5.02 Å². The highest BCUT2D eigenvalue weighted by Gasteiger charge is 2.29. The Kier molecular flexibility index (Phi) is 6.07. The van der Waals surface area contributed by atoms with Crippen LogP contribution < -0.4 is 4.74 Å². The van der Waals surface area contributed by atoms with E-state index in [0.29, 0.717) is 11.4 Å². The van der Waals surface area contributed by atoms with E-state index in [1.807, 2.05) is 6.07 Å². The van der Waals surface area contributed by atoms with Crippen LogP contribution in [0.25, 0.3) is 0 Å². The molecule has 1 aliphatic carbocycles. The van der Waals surface area contributed by atoms with Gasteiger partial charge in [0.25, 0.3) is 5.91 Å². The van der Waals surface area contributed by atoms with E-state index in [-0.39, 0.29) is 25.2 Å². The van der Waals surface area contributed by atoms with Crippen LogP contribution in [-0.2, 0) is 20.7 Å². The summed E-state index contributed by atoms with van der Waals surface area (Å²) < 4.78 is 10.9. The van der Waals surface area contributed by atoms with E-state index in [0.717, 1.165) is 42.9 Å². The average Bonchev–Trinajstić information content (AvgIpc) is 2.65. The summed E-state index contributed by atoms with van der Waals surface area (Å²) in [5.74, 6) is 0.540. The summed E-state index contributed by atoms with van der Waals surface area (Å²) in [5.41, 5.74) is 0.894. The second-order valence-electron chi connectivity index (χ2n) is 7.49. The third kappa shape index (κ3) is 4.50. The van der Waals surface area contributed by atoms with Crippen molar-refractivity contribution in [3.8, 4) is 5.75 Å². The SMILES string of the molecule is CC1CCC(N(C)C(=O)COC(=O)C2COc3ccc(Cl)cc3C2)CC1. The Labute approximate surface area is 159 Å². The maximum absolute atomic E-state index is 12.4. The van der Waals surface area contributed by atoms with Crippen LogP contribution in [0.4, 0.5) is 0 Å². The topological polar surface area (TPSA) is 55.8 Å². The van der Waals surface area contributed by atoms with E-state index in [1.54, 1.807) is 24.1 Å². The molecule has 1 saturated carbocycles. The van der Waals surface area contributed by atoms with Crippen molar-refractivity contribution in [2.45, 2.75) is 45.1 Å². The molecule has 2 aliphatic rings. The van der Waals surface area contributed by atoms with Gasteiger partial charge in [-0.2, -0.15) is 0 Å². The van der Waals surface area contributed by atoms with E-state index >= 15 is 0 Å². The highest BCUT2D eigenvalue weighted by Crippen LogP contribution is 2.30. The van der Waals surface area contributed by atoms with E-state index in [1.165, 1.54) is 0 Å². The van der Waals surface area contributed by atoms with Gasteiger partial charge in [-0.1, -0.05) is 18.5 Å². The van der Waals surface area contributed by atoms with E-state index in [4.69, 9.17) is 21.1 Å². The molecular weight excluding hydrogens is 354 g/mol. The largest absolute Gasteiger partial charge is 0.492 e. The number of amides is 1. The first-order valence-corrected chi connectivity index (χ1v) is 9.65. The molecule has 1 unspecified atom stereocenters. The average molecular weight is 380 g/mol. The lowest BCUT2D eigenvalue weighted by Gasteiger charge is -2.33. The lowest BCUT2D eigenvalue weighted by atomic mass is 9.87. The normalized spacial score (nSPS) is 25.0. The molecule has 142 valence electrons. The lowest BCUT2D eigenvalue weighted by molar-refractivity contribution is -0.157. The minimum Gasteiger partial charge on any atom is -0.492 e. The number of hydrogen-bond acceptors (Lipinski definition) is 4. The summed E-state index contributed by atoms with van der Waals surface area (Å²) in [4.78, 5) is 26.4. The second kappa shape index (κ2) is 8.30. The first-order valence-electron chi connectivity index (χ1n) is 9.27. The van der Waals surface area contributed by atoms with Crippen molar-refractivity contribution >= 4 is 23.5 Å². The zero-order valence-electron chi connectivity index (χ0n) is 15.4. The Morgan fingerprint density at radius 1 is 1.27 bits per heavy atom. The molecule has 1 fully saturated rings. The number of benzene rings is 1. The molecule has 1 aromatic rings. The number of ether oxygens (including phenoxy) is 2. The van der Waals surface area contributed by atoms with Gasteiger partial charge in [0.1, 0.15) is 12.4 Å². The van der Waals surface area contributed by atoms with Crippen molar-refractivity contribution in [2.24, 2.45) is 11.8 Å². The fourth-order valence-corrected chi connectivity index (χ4v) is 3.90. The number of halogens is 1. The smallest absolute Gasteiger partial charge is 0.313 e. The van der Waals surface area contributed by atoms with Gasteiger partial charge in [-0.05, 0) is 61.8 Å². The molecule has 0 bridgehead atoms. The molecule has 0 N–H and O–H groups in total. The number of hydrogen-bond donors (Lipinski definition) is 0. The van der Waals surface area contributed by atoms with Crippen molar-refractivity contribution in [2.75, 3.05) is 20.3 Å². The molecule has 0 aromatic heterocycles. The molecular formula is C20H26ClNO4. The number of nitrogens with zero attached hydrogens (tertiary/aromatic N) is 1. The minimum absolute atomic E-state index is 0.141. The first kappa shape index (κ1) is 19.0. The van der Waals surface area contributed by atoms with Gasteiger partial charge in [-0.25, -0.2) is 0 Å². The fourth-order valence-electron chi connectivity index (χ4n) is 3.70. The van der Waals surface area contributed by atoms with Crippen molar-refractivity contribution < 1.29 is 19.1 Å². The molecule has 1 atom stereocenters. The van der Waals surface area contributed by atoms with E-state index in [9.17, 15) is 9.59 Å². The van der Waals surface area contributed by atoms with Crippen LogP contribution >= 0.6 is 11.6 Å². The van der Waals surface area contributed by atoms with Crippen molar-refractivity contribution in [1.82, 2.24) is 4.90 Å². The van der Waals surface area contributed by atoms with E-state index in [2.05, 4.69) is 6.92 Å². The molecule has 3 rings (SSSR count). The van der Waals surface area contributed by atoms with Crippen LogP contribution in [0.3, 0.4) is 0 Å². The Morgan fingerprint density at radius 3 is 2.73 bits per heavy atom. The number of carbonyl (C=O) groups is 2. The van der Waals surface area contributed by atoms with Crippen molar-refractivity contribution in [3.63, 3.8) is 0 Å². The lowest BCUT2D eigenvalue weighted by Crippen LogP contribution is -2.42. The molecule has 0 spiro atoms. The second-order valence-corrected chi connectivity index (χ2v) is 7.93. The molecule has 1 amide bonds. The van der Waals surface area contributed by atoms with Gasteiger partial charge in [0.05, 0.1) is 5.92 Å². The van der Waals surface area contributed by atoms with Gasteiger partial charge >= 0.3 is 5.97 Å². The summed E-state index contributed by atoms with van der Waals surface area (Å²) in [6.07, 6.45) is 4.84. The highest BCUT2D eigenvalue weighted by atomic mass is 35.5. The summed E-state index contributed by atoms with van der Waals surface area (Å²) in [5, 5.41) is 0.611. The maximum Gasteiger partial charge on any atom is 0.313 e. The standard InChI is InChI=1S/C20H26ClNO4/c1-13-3-6-17(7-4-13)22(2)19(23)12-26-20(24)15-9-14-10-16(21)5-8-18(14)25-11-15/h5,8,10,13,15,17H,3-4,6-7,9,11-12H2,1-2H3. The monoisotopic (exact) mass is 379 g/mol. The van der Waals surface area contributed by atoms with Crippen LogP contribution in [0.15, 0.2) is 18.2 Å². The minimum atomic E-state index is -0.408. The molecule has 26 heavy (non-hydrogen) atoms. The fraction of sp³-hybridized carbons (Fsp3) is 0.600. The van der Waals surface area contributed by atoms with E-state index < -0.39 is 11.9 Å². The first-order chi connectivity index (χ1) is 12.4. The van der Waals surface area contributed by atoms with Crippen molar-refractivity contribution in [3.05, 3.63) is 28.8 Å². The molecule has 1 aromatic carbocycles. The number of rotatable bonds is 4. The molecule has 0 radical (unpaired) electrons. The molecule has 1 heterocycles. The van der Waals surface area contributed by atoms with Gasteiger partial charge in [0.15, 0.2) is 6.61 Å². The number of carbonyl (C=O) groups excluding carboxylic acids is 2. The van der Waals surface area contributed by atoms with Gasteiger partial charge in [0.2, 0.25) is 0 Å². The molecule has 5 nitrogen and oxygen atoms in total. The Hall–Kier alpha value is -1.75. The zero-order chi connectivity index (χ0) is 18.7. The Bertz CT molecular complexity index is 670. The highest BCUT2D eigenvalue weighted by molar-refractivity contribution is 6.30. The molecule has 0 saturated heterocycles. The van der Waals surface area contributed by atoms with Gasteiger partial charge in [0, 0.05) is 18.1 Å². The Balaban J connectivity index is 1.48. The summed E-state index contributed by atoms with van der Waals surface area (Å²) >= 11 is 6.00. The summed E-state index contributed by atoms with van der Waals surface area (Å²) in [7, 11) is 1.80. The van der Waals surface area contributed by atoms with Gasteiger partial charge < -0.3 is 14.4 Å². The predicted molar refractivity (Wildman–Crippen MR) is 99.3 cm³/mol. The quantitative estimate of drug-likeness (QED) is 0.751. The number of likely N-dealkylation sites (N-methyl/N-ethyl adjacent to an activating group) is 1. The molecule has 6 heteroatoms. The third-order valence-corrected chi connectivity index (χ3v) is 5.76. The van der Waals surface area contributed by atoms with Gasteiger partial charge in [-0.3, -0.25) is 9.59 Å². The van der Waals surface area contributed by atoms with Crippen molar-refractivity contribution in [1.29, 1.82) is 0 Å². The Morgan fingerprint density at radius 2 is 2.00 bits per heavy atom. The van der Waals surface area contributed by atoms with Gasteiger partial charge in [-0.15, -0.1) is 0 Å². The third-order valence-electron chi connectivity index (χ3n) is 5.53. The van der Waals surface area contributed by atoms with Crippen LogP contribution in [0.1, 0.15) is 38.2 Å². The summed E-state index contributed by atoms with van der Waals surface area (Å²) in [6.45, 7) is 2.30. The van der Waals surface area contributed by atoms with Crippen LogP contribution in [0, 0.1) is 11.8 Å². The number of fused-ring (bicyclic) bond motifs is 1. The zero-order valence-corrected chi connectivity index (χ0v) is 16.1.